The van der Waals surface area contributed by atoms with Crippen molar-refractivity contribution in [1.82, 2.24) is 4.98 Å². The van der Waals surface area contributed by atoms with Gasteiger partial charge in [-0.1, -0.05) is 24.3 Å². The van der Waals surface area contributed by atoms with E-state index in [4.69, 9.17) is 0 Å². The summed E-state index contributed by atoms with van der Waals surface area (Å²) in [5, 5.41) is 0.530. The average molecular weight is 278 g/mol. The molecule has 1 heterocycles. The fraction of sp³-hybridized carbons (Fsp3) is 0.267. The van der Waals surface area contributed by atoms with E-state index in [1.807, 2.05) is 24.0 Å². The molecule has 1 nitrogen and oxygen atoms in total. The lowest BCUT2D eigenvalue weighted by Gasteiger charge is -2.23. The van der Waals surface area contributed by atoms with Gasteiger partial charge in [0.2, 0.25) is 0 Å². The Morgan fingerprint density at radius 2 is 1.89 bits per heavy atom. The number of halogens is 1. The molecule has 0 amide bonds. The van der Waals surface area contributed by atoms with E-state index in [-0.39, 0.29) is 12.4 Å². The van der Waals surface area contributed by atoms with Crippen LogP contribution >= 0.6 is 24.2 Å². The lowest BCUT2D eigenvalue weighted by molar-refractivity contribution is 0.656. The third-order valence-electron chi connectivity index (χ3n) is 3.17. The monoisotopic (exact) mass is 277 g/mol. The van der Waals surface area contributed by atoms with E-state index in [2.05, 4.69) is 41.4 Å². The molecule has 0 aliphatic heterocycles. The number of aryl methyl sites for hydroxylation is 1. The van der Waals surface area contributed by atoms with Crippen molar-refractivity contribution >= 4 is 24.2 Å². The number of benzene rings is 1. The van der Waals surface area contributed by atoms with Gasteiger partial charge in [0.15, 0.2) is 0 Å². The normalized spacial score (nSPS) is 17.7. The maximum Gasteiger partial charge on any atom is 0.0569 e. The van der Waals surface area contributed by atoms with Crippen molar-refractivity contribution in [2.45, 2.75) is 29.4 Å². The predicted molar refractivity (Wildman–Crippen MR) is 79.5 cm³/mol. The summed E-state index contributed by atoms with van der Waals surface area (Å²) in [6, 6.07) is 14.9. The van der Waals surface area contributed by atoms with E-state index in [9.17, 15) is 0 Å². The molecule has 3 rings (SSSR count). The van der Waals surface area contributed by atoms with Crippen LogP contribution in [0.4, 0.5) is 0 Å². The Morgan fingerprint density at radius 1 is 1.06 bits per heavy atom. The minimum atomic E-state index is 0. The highest BCUT2D eigenvalue weighted by Gasteiger charge is 2.21. The van der Waals surface area contributed by atoms with Gasteiger partial charge in [0.05, 0.1) is 10.9 Å². The van der Waals surface area contributed by atoms with Crippen LogP contribution in [0.25, 0.3) is 0 Å². The fourth-order valence-corrected chi connectivity index (χ4v) is 3.60. The SMILES string of the molecule is Cl.c1ccc(SC2CCCc3cccnc32)cc1. The van der Waals surface area contributed by atoms with Crippen molar-refractivity contribution in [3.8, 4) is 0 Å². The highest BCUT2D eigenvalue weighted by atomic mass is 35.5. The summed E-state index contributed by atoms with van der Waals surface area (Å²) >= 11 is 1.94. The van der Waals surface area contributed by atoms with Crippen LogP contribution in [0.1, 0.15) is 29.3 Å². The maximum absolute atomic E-state index is 4.58. The average Bonchev–Trinajstić information content (AvgIpc) is 2.40. The first-order chi connectivity index (χ1) is 8.43. The molecule has 0 spiro atoms. The second kappa shape index (κ2) is 6.26. The number of fused-ring (bicyclic) bond motifs is 1. The minimum Gasteiger partial charge on any atom is -0.260 e. The molecule has 1 aromatic heterocycles. The second-order valence-electron chi connectivity index (χ2n) is 4.36. The van der Waals surface area contributed by atoms with Gasteiger partial charge in [-0.2, -0.15) is 0 Å². The van der Waals surface area contributed by atoms with Gasteiger partial charge in [-0.15, -0.1) is 24.2 Å². The number of pyridine rings is 1. The molecule has 1 atom stereocenters. The zero-order valence-corrected chi connectivity index (χ0v) is 11.7. The molecule has 0 N–H and O–H groups in total. The van der Waals surface area contributed by atoms with E-state index in [1.165, 1.54) is 35.4 Å². The third kappa shape index (κ3) is 2.88. The third-order valence-corrected chi connectivity index (χ3v) is 4.45. The van der Waals surface area contributed by atoms with Crippen LogP contribution in [-0.2, 0) is 6.42 Å². The highest BCUT2D eigenvalue weighted by Crippen LogP contribution is 2.41. The quantitative estimate of drug-likeness (QED) is 0.791. The van der Waals surface area contributed by atoms with Crippen molar-refractivity contribution in [2.75, 3.05) is 0 Å². The fourth-order valence-electron chi connectivity index (χ4n) is 2.34. The Bertz CT molecular complexity index is 501. The van der Waals surface area contributed by atoms with E-state index in [0.29, 0.717) is 5.25 Å². The van der Waals surface area contributed by atoms with Crippen molar-refractivity contribution < 1.29 is 0 Å². The Hall–Kier alpha value is -0.990. The number of aromatic nitrogens is 1. The predicted octanol–water partition coefficient (Wildman–Crippen LogP) is 4.67. The molecular formula is C15H16ClNS. The molecule has 0 bridgehead atoms. The molecule has 1 unspecified atom stereocenters. The molecule has 2 aromatic rings. The van der Waals surface area contributed by atoms with Crippen molar-refractivity contribution in [2.24, 2.45) is 0 Å². The summed E-state index contributed by atoms with van der Waals surface area (Å²) in [5.41, 5.74) is 2.74. The molecule has 0 saturated carbocycles. The van der Waals surface area contributed by atoms with E-state index in [1.54, 1.807) is 0 Å². The number of rotatable bonds is 2. The van der Waals surface area contributed by atoms with E-state index < -0.39 is 0 Å². The van der Waals surface area contributed by atoms with Gasteiger partial charge in [0, 0.05) is 11.1 Å². The van der Waals surface area contributed by atoms with Crippen LogP contribution in [0.15, 0.2) is 53.6 Å². The van der Waals surface area contributed by atoms with Crippen LogP contribution < -0.4 is 0 Å². The Morgan fingerprint density at radius 3 is 2.72 bits per heavy atom. The molecule has 1 aliphatic carbocycles. The van der Waals surface area contributed by atoms with Gasteiger partial charge in [0.25, 0.3) is 0 Å². The van der Waals surface area contributed by atoms with Gasteiger partial charge in [-0.3, -0.25) is 4.98 Å². The minimum absolute atomic E-state index is 0. The zero-order valence-electron chi connectivity index (χ0n) is 10.1. The number of hydrogen-bond acceptors (Lipinski definition) is 2. The van der Waals surface area contributed by atoms with Crippen LogP contribution in [-0.4, -0.2) is 4.98 Å². The number of thioether (sulfide) groups is 1. The second-order valence-corrected chi connectivity index (χ2v) is 5.64. The Labute approximate surface area is 118 Å². The maximum atomic E-state index is 4.58. The molecule has 0 saturated heterocycles. The topological polar surface area (TPSA) is 12.9 Å². The summed E-state index contributed by atoms with van der Waals surface area (Å²) in [5.74, 6) is 0. The lowest BCUT2D eigenvalue weighted by Crippen LogP contribution is -2.08. The lowest BCUT2D eigenvalue weighted by atomic mass is 9.96. The van der Waals surface area contributed by atoms with Gasteiger partial charge in [-0.05, 0) is 43.0 Å². The first-order valence-electron chi connectivity index (χ1n) is 6.09. The van der Waals surface area contributed by atoms with Crippen molar-refractivity contribution in [1.29, 1.82) is 0 Å². The molecule has 3 heteroatoms. The summed E-state index contributed by atoms with van der Waals surface area (Å²) in [6.07, 6.45) is 5.63. The molecule has 1 aliphatic rings. The number of nitrogens with zero attached hydrogens (tertiary/aromatic N) is 1. The Balaban J connectivity index is 0.00000120. The van der Waals surface area contributed by atoms with Gasteiger partial charge < -0.3 is 0 Å². The van der Waals surface area contributed by atoms with Gasteiger partial charge in [0.1, 0.15) is 0 Å². The molecule has 18 heavy (non-hydrogen) atoms. The van der Waals surface area contributed by atoms with E-state index in [0.717, 1.165) is 0 Å². The summed E-state index contributed by atoms with van der Waals surface area (Å²) in [7, 11) is 0. The molecule has 0 radical (unpaired) electrons. The molecular weight excluding hydrogens is 262 g/mol. The smallest absolute Gasteiger partial charge is 0.0569 e. The zero-order chi connectivity index (χ0) is 11.5. The Kier molecular flexibility index (Phi) is 4.67. The molecule has 0 fully saturated rings. The standard InChI is InChI=1S/C15H15NS.ClH/c1-2-8-13(9-3-1)17-14-10-4-6-12-7-5-11-16-15(12)14;/h1-3,5,7-9,11,14H,4,6,10H2;1H. The molecule has 94 valence electrons. The molecule has 1 aromatic carbocycles. The van der Waals surface area contributed by atoms with Gasteiger partial charge in [-0.25, -0.2) is 0 Å². The summed E-state index contributed by atoms with van der Waals surface area (Å²) < 4.78 is 0. The highest BCUT2D eigenvalue weighted by molar-refractivity contribution is 7.99. The van der Waals surface area contributed by atoms with E-state index >= 15 is 0 Å². The van der Waals surface area contributed by atoms with Crippen molar-refractivity contribution in [3.63, 3.8) is 0 Å². The first-order valence-corrected chi connectivity index (χ1v) is 6.97. The van der Waals surface area contributed by atoms with Crippen molar-refractivity contribution in [3.05, 3.63) is 59.9 Å². The first kappa shape index (κ1) is 13.4. The summed E-state index contributed by atoms with van der Waals surface area (Å²) in [6.45, 7) is 0. The van der Waals surface area contributed by atoms with Crippen LogP contribution in [0, 0.1) is 0 Å². The largest absolute Gasteiger partial charge is 0.260 e. The van der Waals surface area contributed by atoms with Crippen LogP contribution in [0.5, 0.6) is 0 Å². The van der Waals surface area contributed by atoms with Crippen LogP contribution in [0.3, 0.4) is 0 Å². The van der Waals surface area contributed by atoms with Crippen LogP contribution in [0.2, 0.25) is 0 Å². The van der Waals surface area contributed by atoms with Gasteiger partial charge >= 0.3 is 0 Å². The number of hydrogen-bond donors (Lipinski definition) is 0. The summed E-state index contributed by atoms with van der Waals surface area (Å²) in [4.78, 5) is 5.92.